The molecule has 0 heteroatoms. The molecule has 2 rings (SSSR count). The molecular formula is C13H16. The Kier molecular flexibility index (Phi) is 2.22. The fourth-order valence-corrected chi connectivity index (χ4v) is 2.09. The molecule has 1 aromatic rings. The molecule has 68 valence electrons. The summed E-state index contributed by atoms with van der Waals surface area (Å²) in [6.07, 6.45) is 6.92. The van der Waals surface area contributed by atoms with Crippen molar-refractivity contribution >= 4 is 6.08 Å². The maximum Gasteiger partial charge on any atom is -0.0150 e. The molecule has 0 aliphatic heterocycles. The lowest BCUT2D eigenvalue weighted by atomic mass is 9.85. The molecule has 1 aromatic carbocycles. The first kappa shape index (κ1) is 8.55. The predicted molar refractivity (Wildman–Crippen MR) is 57.9 cm³/mol. The van der Waals surface area contributed by atoms with E-state index in [0.717, 1.165) is 6.42 Å². The van der Waals surface area contributed by atoms with E-state index in [1.54, 1.807) is 0 Å². The summed E-state index contributed by atoms with van der Waals surface area (Å²) in [6.45, 7) is 4.53. The van der Waals surface area contributed by atoms with Crippen molar-refractivity contribution in [3.63, 3.8) is 0 Å². The minimum absolute atomic E-state index is 0.700. The van der Waals surface area contributed by atoms with Crippen molar-refractivity contribution in [1.82, 2.24) is 0 Å². The summed E-state index contributed by atoms with van der Waals surface area (Å²) in [6, 6.07) is 6.69. The van der Waals surface area contributed by atoms with E-state index in [4.69, 9.17) is 0 Å². The number of benzene rings is 1. The first-order valence-electron chi connectivity index (χ1n) is 5.11. The van der Waals surface area contributed by atoms with Gasteiger partial charge in [-0.3, -0.25) is 0 Å². The summed E-state index contributed by atoms with van der Waals surface area (Å²) in [7, 11) is 0. The summed E-state index contributed by atoms with van der Waals surface area (Å²) in [5.74, 6) is 0.700. The van der Waals surface area contributed by atoms with Gasteiger partial charge in [-0.15, -0.1) is 0 Å². The SMILES string of the molecule is CCc1cccc2c1C=CCC2C. The van der Waals surface area contributed by atoms with Crippen LogP contribution in [0.5, 0.6) is 0 Å². The van der Waals surface area contributed by atoms with Crippen LogP contribution < -0.4 is 0 Å². The second kappa shape index (κ2) is 3.37. The van der Waals surface area contributed by atoms with E-state index in [1.165, 1.54) is 23.1 Å². The fourth-order valence-electron chi connectivity index (χ4n) is 2.09. The lowest BCUT2D eigenvalue weighted by Gasteiger charge is -2.19. The van der Waals surface area contributed by atoms with Crippen molar-refractivity contribution in [1.29, 1.82) is 0 Å². The lowest BCUT2D eigenvalue weighted by Crippen LogP contribution is -2.02. The van der Waals surface area contributed by atoms with E-state index in [9.17, 15) is 0 Å². The van der Waals surface area contributed by atoms with E-state index >= 15 is 0 Å². The van der Waals surface area contributed by atoms with E-state index < -0.39 is 0 Å². The molecule has 0 nitrogen and oxygen atoms in total. The molecule has 13 heavy (non-hydrogen) atoms. The third kappa shape index (κ3) is 1.41. The van der Waals surface area contributed by atoms with Crippen molar-refractivity contribution in [2.45, 2.75) is 32.6 Å². The molecule has 0 N–H and O–H groups in total. The van der Waals surface area contributed by atoms with Gasteiger partial charge in [0.1, 0.15) is 0 Å². The van der Waals surface area contributed by atoms with Crippen LogP contribution in [0.3, 0.4) is 0 Å². The number of hydrogen-bond donors (Lipinski definition) is 0. The third-order valence-electron chi connectivity index (χ3n) is 2.92. The molecule has 0 saturated carbocycles. The van der Waals surface area contributed by atoms with Crippen LogP contribution in [0.2, 0.25) is 0 Å². The Morgan fingerprint density at radius 3 is 3.00 bits per heavy atom. The predicted octanol–water partition coefficient (Wildman–Crippen LogP) is 3.77. The van der Waals surface area contributed by atoms with Gasteiger partial charge >= 0.3 is 0 Å². The fraction of sp³-hybridized carbons (Fsp3) is 0.385. The molecule has 0 fully saturated rings. The largest absolute Gasteiger partial charge is 0.0833 e. The number of hydrogen-bond acceptors (Lipinski definition) is 0. The highest BCUT2D eigenvalue weighted by Gasteiger charge is 2.13. The zero-order valence-corrected chi connectivity index (χ0v) is 8.38. The molecule has 0 spiro atoms. The molecule has 1 aliphatic rings. The monoisotopic (exact) mass is 172 g/mol. The van der Waals surface area contributed by atoms with Crippen LogP contribution in [0.4, 0.5) is 0 Å². The molecule has 0 radical (unpaired) electrons. The van der Waals surface area contributed by atoms with Gasteiger partial charge in [-0.1, -0.05) is 44.2 Å². The summed E-state index contributed by atoms with van der Waals surface area (Å²) in [5, 5.41) is 0. The minimum atomic E-state index is 0.700. The van der Waals surface area contributed by atoms with Gasteiger partial charge in [0.15, 0.2) is 0 Å². The quantitative estimate of drug-likeness (QED) is 0.605. The van der Waals surface area contributed by atoms with Gasteiger partial charge in [0.25, 0.3) is 0 Å². The van der Waals surface area contributed by atoms with Crippen LogP contribution in [0.25, 0.3) is 6.08 Å². The molecule has 0 bridgehead atoms. The standard InChI is InChI=1S/C13H16/c1-3-11-7-5-8-12-10(2)6-4-9-13(11)12/h4-5,7-10H,3,6H2,1-2H3. The average molecular weight is 172 g/mol. The van der Waals surface area contributed by atoms with Crippen LogP contribution in [0.1, 0.15) is 42.9 Å². The lowest BCUT2D eigenvalue weighted by molar-refractivity contribution is 0.768. The van der Waals surface area contributed by atoms with Gasteiger partial charge in [-0.05, 0) is 35.4 Å². The van der Waals surface area contributed by atoms with Crippen molar-refractivity contribution < 1.29 is 0 Å². The minimum Gasteiger partial charge on any atom is -0.0833 e. The van der Waals surface area contributed by atoms with Crippen LogP contribution in [-0.4, -0.2) is 0 Å². The second-order valence-electron chi connectivity index (χ2n) is 3.81. The summed E-state index contributed by atoms with van der Waals surface area (Å²) in [5.41, 5.74) is 4.49. The smallest absolute Gasteiger partial charge is 0.0150 e. The van der Waals surface area contributed by atoms with Crippen molar-refractivity contribution in [3.05, 3.63) is 41.0 Å². The summed E-state index contributed by atoms with van der Waals surface area (Å²) >= 11 is 0. The van der Waals surface area contributed by atoms with Crippen molar-refractivity contribution in [3.8, 4) is 0 Å². The molecule has 0 amide bonds. The summed E-state index contributed by atoms with van der Waals surface area (Å²) in [4.78, 5) is 0. The van der Waals surface area contributed by atoms with E-state index in [0.29, 0.717) is 5.92 Å². The average Bonchev–Trinajstić information content (AvgIpc) is 2.18. The number of fused-ring (bicyclic) bond motifs is 1. The molecule has 0 saturated heterocycles. The van der Waals surface area contributed by atoms with Gasteiger partial charge in [0.2, 0.25) is 0 Å². The highest BCUT2D eigenvalue weighted by Crippen LogP contribution is 2.31. The van der Waals surface area contributed by atoms with Gasteiger partial charge in [0.05, 0.1) is 0 Å². The Bertz CT molecular complexity index is 334. The first-order valence-corrected chi connectivity index (χ1v) is 5.11. The van der Waals surface area contributed by atoms with Crippen LogP contribution in [0.15, 0.2) is 24.3 Å². The van der Waals surface area contributed by atoms with Gasteiger partial charge in [-0.2, -0.15) is 0 Å². The molecule has 0 heterocycles. The Morgan fingerprint density at radius 1 is 1.38 bits per heavy atom. The number of rotatable bonds is 1. The van der Waals surface area contributed by atoms with Crippen LogP contribution in [0, 0.1) is 0 Å². The molecule has 1 atom stereocenters. The zero-order valence-electron chi connectivity index (χ0n) is 8.38. The maximum absolute atomic E-state index is 2.31. The first-order chi connectivity index (χ1) is 6.33. The molecule has 1 aliphatic carbocycles. The van der Waals surface area contributed by atoms with Gasteiger partial charge < -0.3 is 0 Å². The number of allylic oxidation sites excluding steroid dienone is 1. The van der Waals surface area contributed by atoms with E-state index in [1.807, 2.05) is 0 Å². The maximum atomic E-state index is 2.31. The zero-order chi connectivity index (χ0) is 9.26. The highest BCUT2D eigenvalue weighted by atomic mass is 14.2. The Hall–Kier alpha value is -1.04. The van der Waals surface area contributed by atoms with E-state index in [-0.39, 0.29) is 0 Å². The number of aryl methyl sites for hydroxylation is 1. The summed E-state index contributed by atoms with van der Waals surface area (Å²) < 4.78 is 0. The Labute approximate surface area is 80.3 Å². The van der Waals surface area contributed by atoms with Crippen LogP contribution in [-0.2, 0) is 6.42 Å². The van der Waals surface area contributed by atoms with Crippen molar-refractivity contribution in [2.24, 2.45) is 0 Å². The van der Waals surface area contributed by atoms with Gasteiger partial charge in [-0.25, -0.2) is 0 Å². The normalized spacial score (nSPS) is 20.0. The molecule has 0 aromatic heterocycles. The Balaban J connectivity index is 2.56. The third-order valence-corrected chi connectivity index (χ3v) is 2.92. The van der Waals surface area contributed by atoms with E-state index in [2.05, 4.69) is 44.2 Å². The molecule has 1 unspecified atom stereocenters. The van der Waals surface area contributed by atoms with Crippen molar-refractivity contribution in [2.75, 3.05) is 0 Å². The molecular weight excluding hydrogens is 156 g/mol. The second-order valence-corrected chi connectivity index (χ2v) is 3.81. The Morgan fingerprint density at radius 2 is 2.23 bits per heavy atom. The van der Waals surface area contributed by atoms with Gasteiger partial charge in [0, 0.05) is 0 Å². The highest BCUT2D eigenvalue weighted by molar-refractivity contribution is 5.61. The topological polar surface area (TPSA) is 0 Å². The van der Waals surface area contributed by atoms with Crippen LogP contribution >= 0.6 is 0 Å².